The lowest BCUT2D eigenvalue weighted by molar-refractivity contribution is 0.813. The number of rotatable bonds is 6. The fraction of sp³-hybridized carbons (Fsp3) is 0.667. The number of anilines is 2. The third kappa shape index (κ3) is 3.69. The van der Waals surface area contributed by atoms with E-state index in [-0.39, 0.29) is 0 Å². The first-order valence-electron chi connectivity index (χ1n) is 6.16. The Labute approximate surface area is 117 Å². The summed E-state index contributed by atoms with van der Waals surface area (Å²) >= 11 is 2.30. The van der Waals surface area contributed by atoms with Gasteiger partial charge in [0.25, 0.3) is 0 Å². The molecule has 0 aliphatic heterocycles. The molecule has 1 aromatic rings. The topological polar surface area (TPSA) is 41.1 Å². The molecule has 0 saturated carbocycles. The van der Waals surface area contributed by atoms with Crippen LogP contribution in [0.4, 0.5) is 11.8 Å². The fourth-order valence-electron chi connectivity index (χ4n) is 1.55. The highest BCUT2D eigenvalue weighted by Crippen LogP contribution is 2.21. The van der Waals surface area contributed by atoms with Gasteiger partial charge in [-0.15, -0.1) is 0 Å². The van der Waals surface area contributed by atoms with Gasteiger partial charge in [0.05, 0.1) is 9.26 Å². The van der Waals surface area contributed by atoms with Crippen molar-refractivity contribution in [2.45, 2.75) is 34.1 Å². The smallest absolute Gasteiger partial charge is 0.227 e. The minimum absolute atomic E-state index is 0.825. The summed E-state index contributed by atoms with van der Waals surface area (Å²) in [4.78, 5) is 11.3. The zero-order valence-electron chi connectivity index (χ0n) is 11.0. The van der Waals surface area contributed by atoms with Crippen molar-refractivity contribution in [3.05, 3.63) is 9.26 Å². The summed E-state index contributed by atoms with van der Waals surface area (Å²) < 4.78 is 1.12. The summed E-state index contributed by atoms with van der Waals surface area (Å²) in [5, 5.41) is 3.36. The molecule has 0 radical (unpaired) electrons. The number of nitrogens with one attached hydrogen (secondary N) is 1. The predicted molar refractivity (Wildman–Crippen MR) is 81.8 cm³/mol. The summed E-state index contributed by atoms with van der Waals surface area (Å²) in [5.74, 6) is 1.79. The van der Waals surface area contributed by atoms with E-state index >= 15 is 0 Å². The molecular weight excluding hydrogens is 327 g/mol. The van der Waals surface area contributed by atoms with Gasteiger partial charge in [-0.05, 0) is 49.8 Å². The van der Waals surface area contributed by atoms with Crippen molar-refractivity contribution in [2.24, 2.45) is 0 Å². The van der Waals surface area contributed by atoms with Crippen LogP contribution in [-0.2, 0) is 0 Å². The monoisotopic (exact) mass is 348 g/mol. The molecule has 1 N–H and O–H groups in total. The normalized spacial score (nSPS) is 10.4. The van der Waals surface area contributed by atoms with Crippen LogP contribution in [0.25, 0.3) is 0 Å². The Morgan fingerprint density at radius 3 is 2.35 bits per heavy atom. The minimum atomic E-state index is 0.825. The van der Waals surface area contributed by atoms with Crippen LogP contribution in [0.15, 0.2) is 0 Å². The molecule has 0 fully saturated rings. The number of aromatic nitrogens is 2. The molecule has 4 nitrogen and oxygen atoms in total. The van der Waals surface area contributed by atoms with E-state index in [4.69, 9.17) is 0 Å². The Kier molecular flexibility index (Phi) is 5.94. The van der Waals surface area contributed by atoms with E-state index in [9.17, 15) is 0 Å². The zero-order valence-corrected chi connectivity index (χ0v) is 13.2. The van der Waals surface area contributed by atoms with Crippen LogP contribution in [0, 0.1) is 10.5 Å². The van der Waals surface area contributed by atoms with E-state index in [0.717, 1.165) is 47.1 Å². The summed E-state index contributed by atoms with van der Waals surface area (Å²) in [6, 6.07) is 0. The molecule has 0 saturated heterocycles. The lowest BCUT2D eigenvalue weighted by atomic mass is 10.4. The van der Waals surface area contributed by atoms with Crippen molar-refractivity contribution < 1.29 is 0 Å². The van der Waals surface area contributed by atoms with E-state index in [0.29, 0.717) is 0 Å². The molecule has 0 spiro atoms. The Bertz CT molecular complexity index is 364. The second-order valence-electron chi connectivity index (χ2n) is 3.87. The Morgan fingerprint density at radius 2 is 1.82 bits per heavy atom. The third-order valence-corrected chi connectivity index (χ3v) is 3.89. The van der Waals surface area contributed by atoms with Gasteiger partial charge in [0.15, 0.2) is 0 Å². The summed E-state index contributed by atoms with van der Waals surface area (Å²) in [6.07, 6.45) is 1.10. The van der Waals surface area contributed by atoms with Crippen LogP contribution in [0.3, 0.4) is 0 Å². The molecule has 0 aliphatic carbocycles. The zero-order chi connectivity index (χ0) is 12.8. The van der Waals surface area contributed by atoms with Crippen LogP contribution in [-0.4, -0.2) is 29.6 Å². The van der Waals surface area contributed by atoms with Crippen molar-refractivity contribution in [2.75, 3.05) is 29.9 Å². The third-order valence-electron chi connectivity index (χ3n) is 2.59. The van der Waals surface area contributed by atoms with Gasteiger partial charge in [-0.2, -0.15) is 4.98 Å². The second kappa shape index (κ2) is 6.98. The minimum Gasteiger partial charge on any atom is -0.369 e. The van der Waals surface area contributed by atoms with E-state index in [2.05, 4.69) is 63.5 Å². The molecule has 1 aromatic heterocycles. The standard InChI is InChI=1S/C12H21IN4/c1-5-8-14-11-10(13)9(4)15-12(16-11)17(6-2)7-3/h5-8H2,1-4H3,(H,14,15,16). The van der Waals surface area contributed by atoms with Crippen molar-refractivity contribution in [3.8, 4) is 0 Å². The average Bonchev–Trinajstić information content (AvgIpc) is 2.33. The highest BCUT2D eigenvalue weighted by Gasteiger charge is 2.12. The largest absolute Gasteiger partial charge is 0.369 e. The molecule has 0 atom stereocenters. The molecule has 17 heavy (non-hydrogen) atoms. The Balaban J connectivity index is 3.04. The SMILES string of the molecule is CCCNc1nc(N(CC)CC)nc(C)c1I. The molecule has 5 heteroatoms. The van der Waals surface area contributed by atoms with Crippen LogP contribution in [0.2, 0.25) is 0 Å². The Hall–Kier alpha value is -0.590. The van der Waals surface area contributed by atoms with Crippen LogP contribution in [0.5, 0.6) is 0 Å². The number of nitrogens with zero attached hydrogens (tertiary/aromatic N) is 3. The van der Waals surface area contributed by atoms with Gasteiger partial charge >= 0.3 is 0 Å². The van der Waals surface area contributed by atoms with Crippen molar-refractivity contribution in [3.63, 3.8) is 0 Å². The molecule has 1 heterocycles. The quantitative estimate of drug-likeness (QED) is 0.803. The predicted octanol–water partition coefficient (Wildman–Crippen LogP) is 3.06. The summed E-state index contributed by atoms with van der Waals surface area (Å²) in [6.45, 7) is 11.3. The van der Waals surface area contributed by atoms with Crippen LogP contribution >= 0.6 is 22.6 Å². The molecule has 0 bridgehead atoms. The van der Waals surface area contributed by atoms with E-state index in [1.807, 2.05) is 6.92 Å². The number of hydrogen-bond acceptors (Lipinski definition) is 4. The molecule has 96 valence electrons. The van der Waals surface area contributed by atoms with Gasteiger partial charge in [0, 0.05) is 19.6 Å². The lowest BCUT2D eigenvalue weighted by Gasteiger charge is -2.20. The first-order valence-corrected chi connectivity index (χ1v) is 7.24. The van der Waals surface area contributed by atoms with Gasteiger partial charge < -0.3 is 10.2 Å². The van der Waals surface area contributed by atoms with Crippen molar-refractivity contribution >= 4 is 34.4 Å². The molecule has 1 rings (SSSR count). The van der Waals surface area contributed by atoms with E-state index < -0.39 is 0 Å². The molecule has 0 unspecified atom stereocenters. The van der Waals surface area contributed by atoms with E-state index in [1.165, 1.54) is 0 Å². The number of aryl methyl sites for hydroxylation is 1. The highest BCUT2D eigenvalue weighted by atomic mass is 127. The van der Waals surface area contributed by atoms with Crippen LogP contribution < -0.4 is 10.2 Å². The Morgan fingerprint density at radius 1 is 1.18 bits per heavy atom. The van der Waals surface area contributed by atoms with Gasteiger partial charge in [-0.25, -0.2) is 4.98 Å². The van der Waals surface area contributed by atoms with Gasteiger partial charge in [0.1, 0.15) is 5.82 Å². The first kappa shape index (κ1) is 14.5. The molecular formula is C12H21IN4. The summed E-state index contributed by atoms with van der Waals surface area (Å²) in [7, 11) is 0. The van der Waals surface area contributed by atoms with Gasteiger partial charge in [-0.3, -0.25) is 0 Å². The lowest BCUT2D eigenvalue weighted by Crippen LogP contribution is -2.25. The van der Waals surface area contributed by atoms with Crippen LogP contribution in [0.1, 0.15) is 32.9 Å². The van der Waals surface area contributed by atoms with E-state index in [1.54, 1.807) is 0 Å². The van der Waals surface area contributed by atoms with Gasteiger partial charge in [-0.1, -0.05) is 6.92 Å². The fourth-order valence-corrected chi connectivity index (χ4v) is 1.98. The number of hydrogen-bond donors (Lipinski definition) is 1. The maximum absolute atomic E-state index is 4.61. The summed E-state index contributed by atoms with van der Waals surface area (Å²) in [5.41, 5.74) is 1.04. The maximum atomic E-state index is 4.61. The molecule has 0 amide bonds. The average molecular weight is 348 g/mol. The number of halogens is 1. The van der Waals surface area contributed by atoms with Crippen molar-refractivity contribution in [1.29, 1.82) is 0 Å². The molecule has 0 aliphatic rings. The van der Waals surface area contributed by atoms with Crippen molar-refractivity contribution in [1.82, 2.24) is 9.97 Å². The van der Waals surface area contributed by atoms with Gasteiger partial charge in [0.2, 0.25) is 5.95 Å². The molecule has 0 aromatic carbocycles. The maximum Gasteiger partial charge on any atom is 0.227 e. The first-order chi connectivity index (χ1) is 8.13. The second-order valence-corrected chi connectivity index (χ2v) is 4.95. The highest BCUT2D eigenvalue weighted by molar-refractivity contribution is 14.1.